The van der Waals surface area contributed by atoms with Gasteiger partial charge in [-0.3, -0.25) is 4.79 Å². The van der Waals surface area contributed by atoms with E-state index in [1.807, 2.05) is 6.92 Å². The number of aryl methyl sites for hydroxylation is 1. The number of carboxylic acid groups (broad SMARTS) is 1. The number of carbonyl (C=O) groups excluding carboxylic acids is 1. The largest absolute Gasteiger partial charge is 0.480 e. The van der Waals surface area contributed by atoms with Crippen LogP contribution in [0.5, 0.6) is 0 Å². The molecule has 0 aromatic carbocycles. The summed E-state index contributed by atoms with van der Waals surface area (Å²) in [5.74, 6) is -0.491. The van der Waals surface area contributed by atoms with E-state index < -0.39 is 17.9 Å². The normalized spacial score (nSPS) is 12.7. The highest BCUT2D eigenvalue weighted by atomic mass is 32.3. The number of thiazole rings is 1. The highest BCUT2D eigenvalue weighted by molar-refractivity contribution is 8.33. The average Bonchev–Trinajstić information content (AvgIpc) is 3.21. The lowest BCUT2D eigenvalue weighted by Gasteiger charge is -2.40. The van der Waals surface area contributed by atoms with Crippen LogP contribution in [0.15, 0.2) is 5.38 Å². The molecule has 35 heavy (non-hydrogen) atoms. The second-order valence-electron chi connectivity index (χ2n) is 10.6. The molecule has 1 amide bonds. The molecular formula is C27H54N2O3S3. The van der Waals surface area contributed by atoms with Gasteiger partial charge < -0.3 is 10.4 Å². The van der Waals surface area contributed by atoms with Gasteiger partial charge in [0.05, 0.1) is 5.01 Å². The minimum Gasteiger partial charge on any atom is -0.480 e. The summed E-state index contributed by atoms with van der Waals surface area (Å²) < 4.78 is 0.521. The molecule has 0 aliphatic carbocycles. The number of nitrogens with one attached hydrogen (secondary N) is 1. The lowest BCUT2D eigenvalue weighted by molar-refractivity contribution is -0.138. The summed E-state index contributed by atoms with van der Waals surface area (Å²) in [7, 11) is -0.340. The van der Waals surface area contributed by atoms with Crippen LogP contribution >= 0.6 is 34.0 Å². The van der Waals surface area contributed by atoms with Gasteiger partial charge in [0.2, 0.25) is 0 Å². The predicted octanol–water partition coefficient (Wildman–Crippen LogP) is 7.69. The van der Waals surface area contributed by atoms with E-state index in [9.17, 15) is 9.59 Å². The monoisotopic (exact) mass is 550 g/mol. The van der Waals surface area contributed by atoms with Crippen LogP contribution in [-0.2, 0) is 11.2 Å². The predicted molar refractivity (Wildman–Crippen MR) is 162 cm³/mol. The number of aliphatic carboxylic acids is 1. The summed E-state index contributed by atoms with van der Waals surface area (Å²) in [5, 5.41) is 13.7. The zero-order chi connectivity index (χ0) is 27.7. The van der Waals surface area contributed by atoms with Crippen LogP contribution < -0.4 is 5.32 Å². The molecule has 0 fully saturated rings. The van der Waals surface area contributed by atoms with Crippen LogP contribution in [-0.4, -0.2) is 57.3 Å². The van der Waals surface area contributed by atoms with Gasteiger partial charge in [0.15, 0.2) is 0 Å². The van der Waals surface area contributed by atoms with E-state index in [0.717, 1.165) is 23.8 Å². The maximum Gasteiger partial charge on any atom is 0.327 e. The average molecular weight is 551 g/mol. The van der Waals surface area contributed by atoms with Crippen molar-refractivity contribution in [2.75, 3.05) is 24.5 Å². The second-order valence-corrected chi connectivity index (χ2v) is 16.8. The summed E-state index contributed by atoms with van der Waals surface area (Å²) in [4.78, 5) is 26.5. The Labute approximate surface area is 227 Å². The fourth-order valence-corrected chi connectivity index (χ4v) is 3.95. The summed E-state index contributed by atoms with van der Waals surface area (Å²) in [5.41, 5.74) is 0.270. The Morgan fingerprint density at radius 1 is 1.03 bits per heavy atom. The molecule has 8 heteroatoms. The van der Waals surface area contributed by atoms with Crippen molar-refractivity contribution in [3.63, 3.8) is 0 Å². The van der Waals surface area contributed by atoms with Crippen molar-refractivity contribution >= 4 is 45.9 Å². The van der Waals surface area contributed by atoms with Gasteiger partial charge in [0.1, 0.15) is 11.7 Å². The van der Waals surface area contributed by atoms with Gasteiger partial charge in [-0.1, -0.05) is 87.0 Å². The molecule has 1 atom stereocenters. The molecule has 0 aliphatic heterocycles. The zero-order valence-corrected chi connectivity index (χ0v) is 26.6. The summed E-state index contributed by atoms with van der Waals surface area (Å²) in [6.07, 6.45) is 17.3. The highest BCUT2D eigenvalue weighted by Gasteiger charge is 2.22. The molecule has 5 nitrogen and oxygen atoms in total. The van der Waals surface area contributed by atoms with E-state index in [4.69, 9.17) is 5.11 Å². The smallest absolute Gasteiger partial charge is 0.327 e. The Morgan fingerprint density at radius 3 is 1.80 bits per heavy atom. The van der Waals surface area contributed by atoms with Gasteiger partial charge in [0, 0.05) is 11.1 Å². The summed E-state index contributed by atoms with van der Waals surface area (Å²) in [6, 6.07) is -0.984. The molecule has 208 valence electrons. The third-order valence-corrected chi connectivity index (χ3v) is 10.9. The van der Waals surface area contributed by atoms with Crippen LogP contribution in [0, 0.1) is 5.92 Å². The standard InChI is InChI=1S/C10H14N2O3S2.C10H22.C7H18S/c1-2-3-8-11-7(5-17-8)9(13)12-6(4-16)10(14)15;1-4-7-10(8-5-2)9-6-3;1-7(2,3)8(4,5)6/h5-6,16H,2-4H2,1H3,(H,12,13)(H,14,15);10H,4-9H2,1-3H3;1-6H3. The van der Waals surface area contributed by atoms with E-state index >= 15 is 0 Å². The van der Waals surface area contributed by atoms with Gasteiger partial charge in [-0.15, -0.1) is 11.3 Å². The first-order chi connectivity index (χ1) is 16.2. The summed E-state index contributed by atoms with van der Waals surface area (Å²) >= 11 is 5.27. The third-order valence-electron chi connectivity index (χ3n) is 5.96. The van der Waals surface area contributed by atoms with Crippen LogP contribution in [0.2, 0.25) is 0 Å². The molecule has 0 aliphatic rings. The third kappa shape index (κ3) is 17.4. The number of hydrogen-bond acceptors (Lipinski definition) is 5. The molecule has 0 radical (unpaired) electrons. The Hall–Kier alpha value is -0.730. The minimum atomic E-state index is -1.10. The molecule has 0 saturated heterocycles. The first-order valence-corrected chi connectivity index (χ1v) is 17.3. The number of amides is 1. The van der Waals surface area contributed by atoms with Gasteiger partial charge in [-0.2, -0.15) is 12.6 Å². The van der Waals surface area contributed by atoms with Crippen molar-refractivity contribution in [3.05, 3.63) is 16.1 Å². The van der Waals surface area contributed by atoms with Crippen molar-refractivity contribution in [2.45, 2.75) is 111 Å². The lowest BCUT2D eigenvalue weighted by Crippen LogP contribution is -2.42. The van der Waals surface area contributed by atoms with Gasteiger partial charge in [-0.05, 0) is 42.3 Å². The molecule has 1 aromatic rings. The molecule has 0 spiro atoms. The van der Waals surface area contributed by atoms with Crippen LogP contribution in [0.3, 0.4) is 0 Å². The fraction of sp³-hybridized carbons (Fsp3) is 0.815. The first-order valence-electron chi connectivity index (χ1n) is 12.9. The van der Waals surface area contributed by atoms with Crippen LogP contribution in [0.25, 0.3) is 0 Å². The van der Waals surface area contributed by atoms with E-state index in [-0.39, 0.29) is 21.5 Å². The molecular weight excluding hydrogens is 497 g/mol. The van der Waals surface area contributed by atoms with Gasteiger partial charge in [-0.25, -0.2) is 19.8 Å². The van der Waals surface area contributed by atoms with Gasteiger partial charge >= 0.3 is 5.97 Å². The van der Waals surface area contributed by atoms with E-state index in [1.165, 1.54) is 49.9 Å². The maximum atomic E-state index is 11.7. The number of thiol groups is 1. The number of nitrogens with zero attached hydrogens (tertiary/aromatic N) is 1. The van der Waals surface area contributed by atoms with Crippen molar-refractivity contribution in [3.8, 4) is 0 Å². The Balaban J connectivity index is 0. The first kappa shape index (κ1) is 36.4. The second kappa shape index (κ2) is 19.4. The number of aromatic nitrogens is 1. The van der Waals surface area contributed by atoms with E-state index in [0.29, 0.717) is 4.75 Å². The Morgan fingerprint density at radius 2 is 1.49 bits per heavy atom. The molecule has 1 heterocycles. The number of carbonyl (C=O) groups is 2. The number of carboxylic acids is 1. The molecule has 1 unspecified atom stereocenters. The maximum absolute atomic E-state index is 11.7. The minimum absolute atomic E-state index is 0.0486. The van der Waals surface area contributed by atoms with Gasteiger partial charge in [0.25, 0.3) is 5.91 Å². The SMILES string of the molecule is CC(C)(C)S(C)(C)C.CCCC(CCC)CCC.CCCc1nc(C(=O)NC(CS)C(=O)O)cs1. The van der Waals surface area contributed by atoms with E-state index in [1.54, 1.807) is 5.38 Å². The lowest BCUT2D eigenvalue weighted by atomic mass is 9.94. The number of hydrogen-bond donors (Lipinski definition) is 3. The topological polar surface area (TPSA) is 79.3 Å². The fourth-order valence-electron chi connectivity index (χ4n) is 2.82. The highest BCUT2D eigenvalue weighted by Crippen LogP contribution is 2.48. The molecule has 0 saturated carbocycles. The molecule has 1 aromatic heterocycles. The van der Waals surface area contributed by atoms with Crippen molar-refractivity contribution < 1.29 is 14.7 Å². The molecule has 0 bridgehead atoms. The van der Waals surface area contributed by atoms with Crippen molar-refractivity contribution in [2.24, 2.45) is 5.92 Å². The van der Waals surface area contributed by atoms with Crippen molar-refractivity contribution in [1.29, 1.82) is 0 Å². The van der Waals surface area contributed by atoms with Crippen LogP contribution in [0.1, 0.15) is 109 Å². The van der Waals surface area contributed by atoms with Crippen LogP contribution in [0.4, 0.5) is 0 Å². The Bertz CT molecular complexity index is 668. The molecule has 1 rings (SSSR count). The molecule has 2 N–H and O–H groups in total. The zero-order valence-electron chi connectivity index (χ0n) is 24.1. The quantitative estimate of drug-likeness (QED) is 0.233. The van der Waals surface area contributed by atoms with Crippen molar-refractivity contribution in [1.82, 2.24) is 10.3 Å². The number of rotatable bonds is 12. The Kier molecular flexibility index (Phi) is 20.2. The summed E-state index contributed by atoms with van der Waals surface area (Å²) in [6.45, 7) is 15.8. The van der Waals surface area contributed by atoms with E-state index in [2.05, 4.69) is 83.2 Å².